The van der Waals surface area contributed by atoms with Gasteiger partial charge in [-0.2, -0.15) is 0 Å². The predicted molar refractivity (Wildman–Crippen MR) is 106 cm³/mol. The summed E-state index contributed by atoms with van der Waals surface area (Å²) in [7, 11) is 0. The molecule has 0 saturated carbocycles. The fourth-order valence-corrected chi connectivity index (χ4v) is 2.92. The fourth-order valence-electron chi connectivity index (χ4n) is 2.92. The van der Waals surface area contributed by atoms with E-state index in [1.54, 1.807) is 12.1 Å². The molecule has 3 aromatic carbocycles. The Bertz CT molecular complexity index is 1230. The van der Waals surface area contributed by atoms with E-state index in [4.69, 9.17) is 0 Å². The number of hydrogen-bond donors (Lipinski definition) is 2. The molecule has 9 heteroatoms. The van der Waals surface area contributed by atoms with E-state index in [0.717, 1.165) is 35.3 Å². The van der Waals surface area contributed by atoms with E-state index in [0.29, 0.717) is 5.69 Å². The third-order valence-electron chi connectivity index (χ3n) is 4.23. The van der Waals surface area contributed by atoms with E-state index >= 15 is 0 Å². The minimum Gasteiger partial charge on any atom is -0.334 e. The molecule has 7 nitrogen and oxygen atoms in total. The highest BCUT2D eigenvalue weighted by molar-refractivity contribution is 5.96. The van der Waals surface area contributed by atoms with Gasteiger partial charge in [-0.3, -0.25) is 10.1 Å². The van der Waals surface area contributed by atoms with Gasteiger partial charge in [0, 0.05) is 17.1 Å². The summed E-state index contributed by atoms with van der Waals surface area (Å²) in [6, 6.07) is 15.7. The monoisotopic (exact) mass is 393 g/mol. The molecule has 0 atom stereocenters. The van der Waals surface area contributed by atoms with Crippen LogP contribution in [0, 0.1) is 21.7 Å². The molecule has 0 unspecified atom stereocenters. The van der Waals surface area contributed by atoms with Gasteiger partial charge in [-0.15, -0.1) is 0 Å². The van der Waals surface area contributed by atoms with E-state index in [1.165, 1.54) is 0 Å². The summed E-state index contributed by atoms with van der Waals surface area (Å²) in [4.78, 5) is 18.8. The molecule has 0 bridgehead atoms. The molecule has 29 heavy (non-hydrogen) atoms. The van der Waals surface area contributed by atoms with E-state index < -0.39 is 22.2 Å². The number of rotatable bonds is 5. The zero-order chi connectivity index (χ0) is 20.4. The number of fused-ring (bicyclic) bond motifs is 1. The van der Waals surface area contributed by atoms with Gasteiger partial charge in [0.2, 0.25) is 11.6 Å². The Morgan fingerprint density at radius 1 is 0.862 bits per heavy atom. The van der Waals surface area contributed by atoms with Gasteiger partial charge in [-0.25, -0.2) is 18.7 Å². The van der Waals surface area contributed by atoms with E-state index in [1.807, 2.05) is 30.3 Å². The summed E-state index contributed by atoms with van der Waals surface area (Å²) in [5.41, 5.74) is -0.167. The van der Waals surface area contributed by atoms with Gasteiger partial charge in [-0.1, -0.05) is 36.4 Å². The lowest BCUT2D eigenvalue weighted by atomic mass is 10.1. The third kappa shape index (κ3) is 3.65. The molecular formula is C20H13F2N5O2. The topological polar surface area (TPSA) is 93.0 Å². The van der Waals surface area contributed by atoms with Gasteiger partial charge in [0.05, 0.1) is 10.6 Å². The maximum atomic E-state index is 14.0. The second kappa shape index (κ2) is 7.47. The second-order valence-electron chi connectivity index (χ2n) is 6.08. The molecule has 0 amide bonds. The van der Waals surface area contributed by atoms with Gasteiger partial charge in [0.25, 0.3) is 0 Å². The van der Waals surface area contributed by atoms with Crippen molar-refractivity contribution in [3.05, 3.63) is 88.7 Å². The van der Waals surface area contributed by atoms with E-state index in [9.17, 15) is 18.9 Å². The average Bonchev–Trinajstić information content (AvgIpc) is 2.71. The van der Waals surface area contributed by atoms with Crippen LogP contribution in [0.2, 0.25) is 0 Å². The van der Waals surface area contributed by atoms with Gasteiger partial charge >= 0.3 is 5.69 Å². The molecule has 2 N–H and O–H groups in total. The minimum atomic E-state index is -0.775. The molecule has 1 aromatic heterocycles. The van der Waals surface area contributed by atoms with Crippen LogP contribution in [-0.4, -0.2) is 14.9 Å². The Labute approximate surface area is 163 Å². The molecule has 0 saturated heterocycles. The number of hydrogen-bond acceptors (Lipinski definition) is 6. The van der Waals surface area contributed by atoms with Crippen molar-refractivity contribution >= 4 is 39.5 Å². The van der Waals surface area contributed by atoms with Crippen LogP contribution >= 0.6 is 0 Å². The molecule has 0 aliphatic carbocycles. The standard InChI is InChI=1S/C20H13F2N5O2/c21-13-8-9-15(22)17(10-13)26-20-18(27(28)29)19(23-11-24-20)25-16-7-3-5-12-4-1-2-6-14(12)16/h1-11H,(H2,23,24,25,26). The van der Waals surface area contributed by atoms with Crippen LogP contribution in [0.5, 0.6) is 0 Å². The SMILES string of the molecule is O=[N+]([O-])c1c(Nc2cc(F)ccc2F)ncnc1Nc1cccc2ccccc12. The zero-order valence-electron chi connectivity index (χ0n) is 14.8. The van der Waals surface area contributed by atoms with Crippen molar-refractivity contribution in [3.63, 3.8) is 0 Å². The summed E-state index contributed by atoms with van der Waals surface area (Å²) in [5.74, 6) is -1.82. The van der Waals surface area contributed by atoms with Gasteiger partial charge in [0.15, 0.2) is 0 Å². The van der Waals surface area contributed by atoms with Crippen molar-refractivity contribution in [1.82, 2.24) is 9.97 Å². The second-order valence-corrected chi connectivity index (χ2v) is 6.08. The fraction of sp³-hybridized carbons (Fsp3) is 0. The summed E-state index contributed by atoms with van der Waals surface area (Å²) >= 11 is 0. The maximum absolute atomic E-state index is 14.0. The number of nitrogens with one attached hydrogen (secondary N) is 2. The molecular weight excluding hydrogens is 380 g/mol. The Morgan fingerprint density at radius 2 is 1.55 bits per heavy atom. The molecule has 0 aliphatic heterocycles. The maximum Gasteiger partial charge on any atom is 0.353 e. The predicted octanol–water partition coefficient (Wildman–Crippen LogP) is 5.30. The van der Waals surface area contributed by atoms with Crippen molar-refractivity contribution in [3.8, 4) is 0 Å². The Morgan fingerprint density at radius 3 is 2.31 bits per heavy atom. The Kier molecular flexibility index (Phi) is 4.70. The van der Waals surface area contributed by atoms with Crippen molar-refractivity contribution in [2.24, 2.45) is 0 Å². The van der Waals surface area contributed by atoms with E-state index in [-0.39, 0.29) is 17.3 Å². The third-order valence-corrected chi connectivity index (χ3v) is 4.23. The van der Waals surface area contributed by atoms with Crippen LogP contribution in [0.1, 0.15) is 0 Å². The largest absolute Gasteiger partial charge is 0.353 e. The molecule has 1 heterocycles. The lowest BCUT2D eigenvalue weighted by Gasteiger charge is -2.12. The number of anilines is 4. The average molecular weight is 393 g/mol. The molecule has 0 spiro atoms. The first-order valence-electron chi connectivity index (χ1n) is 8.49. The molecule has 0 aliphatic rings. The summed E-state index contributed by atoms with van der Waals surface area (Å²) < 4.78 is 27.4. The number of nitro groups is 1. The van der Waals surface area contributed by atoms with Crippen LogP contribution in [-0.2, 0) is 0 Å². The van der Waals surface area contributed by atoms with Crippen LogP contribution < -0.4 is 10.6 Å². The van der Waals surface area contributed by atoms with Crippen molar-refractivity contribution in [2.75, 3.05) is 10.6 Å². The number of halogens is 2. The first-order chi connectivity index (χ1) is 14.0. The first kappa shape index (κ1) is 18.2. The highest BCUT2D eigenvalue weighted by Gasteiger charge is 2.24. The van der Waals surface area contributed by atoms with E-state index in [2.05, 4.69) is 20.6 Å². The summed E-state index contributed by atoms with van der Waals surface area (Å²) in [6.45, 7) is 0. The van der Waals surface area contributed by atoms with Crippen LogP contribution in [0.25, 0.3) is 10.8 Å². The summed E-state index contributed by atoms with van der Waals surface area (Å²) in [5, 5.41) is 18.9. The van der Waals surface area contributed by atoms with Crippen LogP contribution in [0.4, 0.5) is 37.5 Å². The normalized spacial score (nSPS) is 10.7. The smallest absolute Gasteiger partial charge is 0.334 e. The molecule has 144 valence electrons. The Hall–Kier alpha value is -4.14. The van der Waals surface area contributed by atoms with Crippen LogP contribution in [0.15, 0.2) is 67.0 Å². The van der Waals surface area contributed by atoms with Gasteiger partial charge < -0.3 is 10.6 Å². The highest BCUT2D eigenvalue weighted by Crippen LogP contribution is 2.35. The molecule has 0 radical (unpaired) electrons. The van der Waals surface area contributed by atoms with Crippen LogP contribution in [0.3, 0.4) is 0 Å². The van der Waals surface area contributed by atoms with Gasteiger partial charge in [-0.05, 0) is 23.6 Å². The molecule has 4 aromatic rings. The lowest BCUT2D eigenvalue weighted by Crippen LogP contribution is -2.06. The summed E-state index contributed by atoms with van der Waals surface area (Å²) in [6.07, 6.45) is 1.10. The minimum absolute atomic E-state index is 0.0827. The molecule has 4 rings (SSSR count). The number of aromatic nitrogens is 2. The molecule has 0 fully saturated rings. The van der Waals surface area contributed by atoms with Gasteiger partial charge in [0.1, 0.15) is 18.0 Å². The lowest BCUT2D eigenvalue weighted by molar-refractivity contribution is -0.383. The zero-order valence-corrected chi connectivity index (χ0v) is 14.8. The Balaban J connectivity index is 1.77. The van der Waals surface area contributed by atoms with Crippen molar-refractivity contribution in [1.29, 1.82) is 0 Å². The highest BCUT2D eigenvalue weighted by atomic mass is 19.1. The van der Waals surface area contributed by atoms with Crippen molar-refractivity contribution in [2.45, 2.75) is 0 Å². The number of benzene rings is 3. The quantitative estimate of drug-likeness (QED) is 0.353. The van der Waals surface area contributed by atoms with Crippen molar-refractivity contribution < 1.29 is 13.7 Å². The first-order valence-corrected chi connectivity index (χ1v) is 8.49. The number of nitrogens with zero attached hydrogens (tertiary/aromatic N) is 3.